The summed E-state index contributed by atoms with van der Waals surface area (Å²) in [6.45, 7) is 0.705. The Morgan fingerprint density at radius 1 is 1.42 bits per heavy atom. The molecule has 2 aromatic heterocycles. The molecule has 102 valence electrons. The molecule has 0 amide bonds. The summed E-state index contributed by atoms with van der Waals surface area (Å²) in [5.74, 6) is 1.50. The van der Waals surface area contributed by atoms with Crippen molar-refractivity contribution in [1.82, 2.24) is 19.6 Å². The summed E-state index contributed by atoms with van der Waals surface area (Å²) in [6, 6.07) is 1.72. The Bertz CT molecular complexity index is 572. The van der Waals surface area contributed by atoms with Gasteiger partial charge in [0, 0.05) is 18.5 Å². The van der Waals surface area contributed by atoms with Gasteiger partial charge in [0.1, 0.15) is 17.3 Å². The molecule has 0 bridgehead atoms. The SMILES string of the molecule is OC1CCCCC1CNc1cc(Cl)nc2ncnn12. The van der Waals surface area contributed by atoms with Crippen LogP contribution in [0.25, 0.3) is 5.78 Å². The molecule has 0 saturated heterocycles. The van der Waals surface area contributed by atoms with Gasteiger partial charge in [0.05, 0.1) is 6.10 Å². The summed E-state index contributed by atoms with van der Waals surface area (Å²) >= 11 is 5.95. The highest BCUT2D eigenvalue weighted by atomic mass is 35.5. The van der Waals surface area contributed by atoms with Crippen LogP contribution in [-0.4, -0.2) is 37.3 Å². The summed E-state index contributed by atoms with van der Waals surface area (Å²) in [6.07, 6.45) is 5.46. The van der Waals surface area contributed by atoms with E-state index in [1.165, 1.54) is 12.7 Å². The van der Waals surface area contributed by atoms with Crippen molar-refractivity contribution in [2.45, 2.75) is 31.8 Å². The lowest BCUT2D eigenvalue weighted by Crippen LogP contribution is -2.30. The molecule has 7 heteroatoms. The highest BCUT2D eigenvalue weighted by Gasteiger charge is 2.23. The van der Waals surface area contributed by atoms with E-state index in [1.54, 1.807) is 10.6 Å². The predicted octanol–water partition coefficient (Wildman–Crippen LogP) is 1.74. The predicted molar refractivity (Wildman–Crippen MR) is 72.2 cm³/mol. The van der Waals surface area contributed by atoms with E-state index in [9.17, 15) is 5.11 Å². The van der Waals surface area contributed by atoms with Gasteiger partial charge in [-0.3, -0.25) is 0 Å². The Balaban J connectivity index is 1.75. The molecule has 2 N–H and O–H groups in total. The lowest BCUT2D eigenvalue weighted by Gasteiger charge is -2.27. The molecule has 1 aliphatic rings. The first kappa shape index (κ1) is 12.6. The van der Waals surface area contributed by atoms with Gasteiger partial charge in [-0.25, -0.2) is 0 Å². The van der Waals surface area contributed by atoms with Crippen molar-refractivity contribution < 1.29 is 5.11 Å². The second-order valence-corrected chi connectivity index (χ2v) is 5.32. The number of nitrogens with one attached hydrogen (secondary N) is 1. The average Bonchev–Trinajstić information content (AvgIpc) is 2.85. The van der Waals surface area contributed by atoms with Gasteiger partial charge < -0.3 is 10.4 Å². The maximum absolute atomic E-state index is 9.96. The third-order valence-electron chi connectivity index (χ3n) is 3.63. The fourth-order valence-corrected chi connectivity index (χ4v) is 2.75. The highest BCUT2D eigenvalue weighted by molar-refractivity contribution is 6.29. The maximum atomic E-state index is 9.96. The zero-order valence-electron chi connectivity index (χ0n) is 10.5. The zero-order valence-corrected chi connectivity index (χ0v) is 11.2. The van der Waals surface area contributed by atoms with Gasteiger partial charge in [-0.2, -0.15) is 19.6 Å². The number of hydrogen-bond donors (Lipinski definition) is 2. The molecule has 0 spiro atoms. The summed E-state index contributed by atoms with van der Waals surface area (Å²) in [4.78, 5) is 8.09. The van der Waals surface area contributed by atoms with E-state index in [2.05, 4.69) is 20.4 Å². The standard InChI is InChI=1S/C12H16ClN5O/c13-10-5-11(18-12(17-10)15-7-16-18)14-6-8-3-1-2-4-9(8)19/h5,7-9,14,19H,1-4,6H2. The first-order valence-corrected chi connectivity index (χ1v) is 6.90. The number of aliphatic hydroxyl groups is 1. The lowest BCUT2D eigenvalue weighted by atomic mass is 9.86. The summed E-state index contributed by atoms with van der Waals surface area (Å²) in [7, 11) is 0. The summed E-state index contributed by atoms with van der Waals surface area (Å²) in [5, 5.41) is 17.7. The van der Waals surface area contributed by atoms with Gasteiger partial charge in [0.2, 0.25) is 0 Å². The van der Waals surface area contributed by atoms with Crippen molar-refractivity contribution in [3.05, 3.63) is 17.5 Å². The van der Waals surface area contributed by atoms with E-state index in [0.717, 1.165) is 25.1 Å². The normalized spacial score (nSPS) is 23.7. The second kappa shape index (κ2) is 5.30. The minimum absolute atomic E-state index is 0.218. The average molecular weight is 282 g/mol. The van der Waals surface area contributed by atoms with Gasteiger partial charge in [0.15, 0.2) is 0 Å². The van der Waals surface area contributed by atoms with Crippen LogP contribution in [0.1, 0.15) is 25.7 Å². The van der Waals surface area contributed by atoms with Crippen LogP contribution in [0, 0.1) is 5.92 Å². The maximum Gasteiger partial charge on any atom is 0.255 e. The molecule has 1 aliphatic carbocycles. The number of aliphatic hydroxyl groups excluding tert-OH is 1. The topological polar surface area (TPSA) is 75.3 Å². The Morgan fingerprint density at radius 2 is 2.26 bits per heavy atom. The van der Waals surface area contributed by atoms with Gasteiger partial charge in [-0.15, -0.1) is 0 Å². The van der Waals surface area contributed by atoms with Gasteiger partial charge in [0.25, 0.3) is 5.78 Å². The Labute approximate surface area is 115 Å². The van der Waals surface area contributed by atoms with Crippen molar-refractivity contribution in [1.29, 1.82) is 0 Å². The number of fused-ring (bicyclic) bond motifs is 1. The molecule has 19 heavy (non-hydrogen) atoms. The van der Waals surface area contributed by atoms with E-state index < -0.39 is 0 Å². The second-order valence-electron chi connectivity index (χ2n) is 4.93. The third-order valence-corrected chi connectivity index (χ3v) is 3.83. The smallest absolute Gasteiger partial charge is 0.255 e. The van der Waals surface area contributed by atoms with E-state index in [0.29, 0.717) is 17.5 Å². The lowest BCUT2D eigenvalue weighted by molar-refractivity contribution is 0.0763. The van der Waals surface area contributed by atoms with Crippen molar-refractivity contribution in [3.8, 4) is 0 Å². The molecule has 0 radical (unpaired) electrons. The van der Waals surface area contributed by atoms with Crippen LogP contribution in [0.15, 0.2) is 12.4 Å². The van der Waals surface area contributed by atoms with Crippen molar-refractivity contribution in [3.63, 3.8) is 0 Å². The van der Waals surface area contributed by atoms with Crippen molar-refractivity contribution >= 4 is 23.2 Å². The number of hydrogen-bond acceptors (Lipinski definition) is 5. The number of anilines is 1. The number of aromatic nitrogens is 4. The fraction of sp³-hybridized carbons (Fsp3) is 0.583. The first-order valence-electron chi connectivity index (χ1n) is 6.52. The molecular weight excluding hydrogens is 266 g/mol. The third kappa shape index (κ3) is 2.64. The van der Waals surface area contributed by atoms with Gasteiger partial charge in [-0.1, -0.05) is 24.4 Å². The Morgan fingerprint density at radius 3 is 3.11 bits per heavy atom. The molecule has 1 saturated carbocycles. The van der Waals surface area contributed by atoms with Gasteiger partial charge >= 0.3 is 0 Å². The first-order chi connectivity index (χ1) is 9.24. The molecule has 2 heterocycles. The van der Waals surface area contributed by atoms with Crippen LogP contribution in [0.5, 0.6) is 0 Å². The van der Waals surface area contributed by atoms with E-state index in [-0.39, 0.29) is 12.0 Å². The summed E-state index contributed by atoms with van der Waals surface area (Å²) < 4.78 is 1.61. The minimum atomic E-state index is -0.218. The van der Waals surface area contributed by atoms with Crippen LogP contribution in [-0.2, 0) is 0 Å². The number of rotatable bonds is 3. The monoisotopic (exact) mass is 281 g/mol. The van der Waals surface area contributed by atoms with Crippen LogP contribution >= 0.6 is 11.6 Å². The molecule has 2 unspecified atom stereocenters. The molecule has 6 nitrogen and oxygen atoms in total. The van der Waals surface area contributed by atoms with Crippen LogP contribution in [0.3, 0.4) is 0 Å². The Kier molecular flexibility index (Phi) is 3.52. The molecule has 0 aliphatic heterocycles. The zero-order chi connectivity index (χ0) is 13.2. The minimum Gasteiger partial charge on any atom is -0.393 e. The Hall–Kier alpha value is -1.40. The van der Waals surface area contributed by atoms with E-state index in [4.69, 9.17) is 11.6 Å². The highest BCUT2D eigenvalue weighted by Crippen LogP contribution is 2.25. The molecule has 0 aromatic carbocycles. The largest absolute Gasteiger partial charge is 0.393 e. The van der Waals surface area contributed by atoms with Crippen molar-refractivity contribution in [2.24, 2.45) is 5.92 Å². The van der Waals surface area contributed by atoms with Gasteiger partial charge in [-0.05, 0) is 12.8 Å². The number of halogens is 1. The quantitative estimate of drug-likeness (QED) is 0.838. The fourth-order valence-electron chi connectivity index (χ4n) is 2.57. The van der Waals surface area contributed by atoms with Crippen molar-refractivity contribution in [2.75, 3.05) is 11.9 Å². The van der Waals surface area contributed by atoms with Crippen LogP contribution in [0.2, 0.25) is 5.15 Å². The number of nitrogens with zero attached hydrogens (tertiary/aromatic N) is 4. The van der Waals surface area contributed by atoms with Crippen LogP contribution < -0.4 is 5.32 Å². The molecule has 2 aromatic rings. The summed E-state index contributed by atoms with van der Waals surface area (Å²) in [5.41, 5.74) is 0. The van der Waals surface area contributed by atoms with E-state index >= 15 is 0 Å². The molecule has 3 rings (SSSR count). The molecular formula is C12H16ClN5O. The van der Waals surface area contributed by atoms with E-state index in [1.807, 2.05) is 0 Å². The van der Waals surface area contributed by atoms with Crippen LogP contribution in [0.4, 0.5) is 5.82 Å². The molecule has 2 atom stereocenters. The molecule has 1 fully saturated rings.